The van der Waals surface area contributed by atoms with Crippen molar-refractivity contribution < 1.29 is 4.79 Å². The van der Waals surface area contributed by atoms with Gasteiger partial charge in [0.2, 0.25) is 0 Å². The Morgan fingerprint density at radius 3 is 2.26 bits per heavy atom. The van der Waals surface area contributed by atoms with E-state index in [0.717, 1.165) is 35.7 Å². The monoisotopic (exact) mass is 430 g/mol. The van der Waals surface area contributed by atoms with Gasteiger partial charge < -0.3 is 9.80 Å². The van der Waals surface area contributed by atoms with Crippen molar-refractivity contribution in [1.82, 2.24) is 24.9 Å². The van der Waals surface area contributed by atoms with Crippen molar-refractivity contribution in [2.24, 2.45) is 0 Å². The molecule has 3 aromatic heterocycles. The average Bonchev–Trinajstić information content (AvgIpc) is 3.51. The quantitative estimate of drug-likeness (QED) is 0.494. The lowest BCUT2D eigenvalue weighted by atomic mass is 10.1. The molecule has 1 saturated heterocycles. The molecule has 5 rings (SSSR count). The minimum Gasteiger partial charge on any atom is -0.352 e. The first-order chi connectivity index (χ1) is 15.2. The summed E-state index contributed by atoms with van der Waals surface area (Å²) >= 11 is 1.70. The number of benzene rings is 1. The van der Waals surface area contributed by atoms with Crippen LogP contribution < -0.4 is 4.90 Å². The van der Waals surface area contributed by atoms with Crippen LogP contribution >= 0.6 is 11.3 Å². The van der Waals surface area contributed by atoms with Gasteiger partial charge in [0.15, 0.2) is 11.6 Å². The molecule has 0 saturated carbocycles. The predicted molar refractivity (Wildman–Crippen MR) is 122 cm³/mol. The lowest BCUT2D eigenvalue weighted by molar-refractivity contribution is 0.0746. The maximum atomic E-state index is 12.9. The third-order valence-electron chi connectivity index (χ3n) is 5.42. The third kappa shape index (κ3) is 4.06. The van der Waals surface area contributed by atoms with Gasteiger partial charge in [-0.05, 0) is 54.3 Å². The molecule has 4 heterocycles. The molecule has 1 fully saturated rings. The number of amides is 1. The Bertz CT molecular complexity index is 1160. The van der Waals surface area contributed by atoms with Gasteiger partial charge in [0.05, 0.1) is 5.69 Å². The van der Waals surface area contributed by atoms with Gasteiger partial charge >= 0.3 is 0 Å². The summed E-state index contributed by atoms with van der Waals surface area (Å²) in [6, 6.07) is 17.8. The van der Waals surface area contributed by atoms with E-state index in [2.05, 4.69) is 31.6 Å². The van der Waals surface area contributed by atoms with Crippen LogP contribution in [0.4, 0.5) is 5.82 Å². The normalized spacial score (nSPS) is 14.1. The molecule has 0 bridgehead atoms. The fourth-order valence-corrected chi connectivity index (χ4v) is 4.43. The first kappa shape index (κ1) is 19.4. The Labute approximate surface area is 184 Å². The zero-order valence-electron chi connectivity index (χ0n) is 17.2. The number of anilines is 1. The van der Waals surface area contributed by atoms with E-state index in [9.17, 15) is 4.79 Å². The summed E-state index contributed by atoms with van der Waals surface area (Å²) in [4.78, 5) is 18.2. The fourth-order valence-electron chi connectivity index (χ4n) is 3.69. The van der Waals surface area contributed by atoms with Gasteiger partial charge in [-0.15, -0.1) is 21.5 Å². The SMILES string of the molecule is Cc1ccn(-c2ccc(N3CCN(C(=O)c4ccc(-c5cccs5)cc4)CC3)nn2)n1. The second kappa shape index (κ2) is 8.31. The minimum absolute atomic E-state index is 0.0767. The first-order valence-corrected chi connectivity index (χ1v) is 11.1. The Hall–Kier alpha value is -3.52. The highest BCUT2D eigenvalue weighted by Crippen LogP contribution is 2.25. The van der Waals surface area contributed by atoms with Gasteiger partial charge in [0.25, 0.3) is 5.91 Å². The zero-order chi connectivity index (χ0) is 21.2. The molecule has 0 spiro atoms. The molecule has 0 unspecified atom stereocenters. The fraction of sp³-hybridized carbons (Fsp3) is 0.217. The lowest BCUT2D eigenvalue weighted by Crippen LogP contribution is -2.49. The van der Waals surface area contributed by atoms with E-state index < -0.39 is 0 Å². The molecular formula is C23H22N6OS. The molecule has 0 aliphatic carbocycles. The van der Waals surface area contributed by atoms with E-state index >= 15 is 0 Å². The smallest absolute Gasteiger partial charge is 0.253 e. The second-order valence-electron chi connectivity index (χ2n) is 7.49. The van der Waals surface area contributed by atoms with Gasteiger partial charge in [-0.1, -0.05) is 18.2 Å². The van der Waals surface area contributed by atoms with Crippen LogP contribution in [0.25, 0.3) is 16.3 Å². The van der Waals surface area contributed by atoms with Crippen molar-refractivity contribution >= 4 is 23.1 Å². The number of piperazine rings is 1. The summed E-state index contributed by atoms with van der Waals surface area (Å²) in [6.45, 7) is 4.72. The van der Waals surface area contributed by atoms with Crippen molar-refractivity contribution in [3.05, 3.63) is 77.4 Å². The number of hydrogen-bond donors (Lipinski definition) is 0. The summed E-state index contributed by atoms with van der Waals surface area (Å²) in [7, 11) is 0. The Balaban J connectivity index is 1.20. The Morgan fingerprint density at radius 1 is 0.903 bits per heavy atom. The van der Waals surface area contributed by atoms with Crippen LogP contribution in [-0.2, 0) is 0 Å². The van der Waals surface area contributed by atoms with Crippen LogP contribution in [-0.4, -0.2) is 57.0 Å². The van der Waals surface area contributed by atoms with E-state index in [0.29, 0.717) is 18.9 Å². The molecule has 1 aliphatic heterocycles. The van der Waals surface area contributed by atoms with Gasteiger partial charge in [-0.3, -0.25) is 4.79 Å². The molecule has 8 heteroatoms. The van der Waals surface area contributed by atoms with Crippen LogP contribution in [0.15, 0.2) is 66.2 Å². The lowest BCUT2D eigenvalue weighted by Gasteiger charge is -2.35. The number of rotatable bonds is 4. The molecule has 0 atom stereocenters. The summed E-state index contributed by atoms with van der Waals surface area (Å²) < 4.78 is 1.71. The number of aromatic nitrogens is 4. The molecule has 0 N–H and O–H groups in total. The van der Waals surface area contributed by atoms with Crippen molar-refractivity contribution in [2.75, 3.05) is 31.1 Å². The highest BCUT2D eigenvalue weighted by molar-refractivity contribution is 7.13. The van der Waals surface area contributed by atoms with Crippen LogP contribution in [0.5, 0.6) is 0 Å². The molecule has 0 radical (unpaired) electrons. The standard InChI is InChI=1S/C23H22N6OS/c1-17-10-11-29(26-17)22-9-8-21(24-25-22)27-12-14-28(15-13-27)23(30)19-6-4-18(5-7-19)20-3-2-16-31-20/h2-11,16H,12-15H2,1H3. The van der Waals surface area contributed by atoms with Crippen LogP contribution in [0.2, 0.25) is 0 Å². The summed E-state index contributed by atoms with van der Waals surface area (Å²) in [5.74, 6) is 1.59. The highest BCUT2D eigenvalue weighted by Gasteiger charge is 2.23. The third-order valence-corrected chi connectivity index (χ3v) is 6.34. The molecule has 1 aliphatic rings. The number of hydrogen-bond acceptors (Lipinski definition) is 6. The number of aryl methyl sites for hydroxylation is 1. The maximum Gasteiger partial charge on any atom is 0.253 e. The van der Waals surface area contributed by atoms with E-state index in [1.165, 1.54) is 4.88 Å². The first-order valence-electron chi connectivity index (χ1n) is 10.2. The van der Waals surface area contributed by atoms with E-state index in [1.807, 2.05) is 66.6 Å². The van der Waals surface area contributed by atoms with E-state index in [-0.39, 0.29) is 5.91 Å². The second-order valence-corrected chi connectivity index (χ2v) is 8.43. The molecule has 1 aromatic carbocycles. The average molecular weight is 431 g/mol. The summed E-state index contributed by atoms with van der Waals surface area (Å²) in [5, 5.41) is 15.1. The van der Waals surface area contributed by atoms with Crippen LogP contribution in [0, 0.1) is 6.92 Å². The molecule has 156 valence electrons. The number of thiophene rings is 1. The molecule has 7 nitrogen and oxygen atoms in total. The summed E-state index contributed by atoms with van der Waals surface area (Å²) in [6.07, 6.45) is 1.87. The van der Waals surface area contributed by atoms with E-state index in [1.54, 1.807) is 16.0 Å². The van der Waals surface area contributed by atoms with Gasteiger partial charge in [0.1, 0.15) is 0 Å². The van der Waals surface area contributed by atoms with Crippen LogP contribution in [0.1, 0.15) is 16.1 Å². The number of nitrogens with zero attached hydrogens (tertiary/aromatic N) is 6. The maximum absolute atomic E-state index is 12.9. The zero-order valence-corrected chi connectivity index (χ0v) is 18.0. The number of carbonyl (C=O) groups is 1. The molecule has 31 heavy (non-hydrogen) atoms. The van der Waals surface area contributed by atoms with Gasteiger partial charge in [-0.25, -0.2) is 4.68 Å². The van der Waals surface area contributed by atoms with Gasteiger partial charge in [0, 0.05) is 42.8 Å². The highest BCUT2D eigenvalue weighted by atomic mass is 32.1. The van der Waals surface area contributed by atoms with E-state index in [4.69, 9.17) is 0 Å². The largest absolute Gasteiger partial charge is 0.352 e. The van der Waals surface area contributed by atoms with Crippen molar-refractivity contribution in [2.45, 2.75) is 6.92 Å². The number of carbonyl (C=O) groups excluding carboxylic acids is 1. The molecule has 4 aromatic rings. The molecular weight excluding hydrogens is 408 g/mol. The van der Waals surface area contributed by atoms with Gasteiger partial charge in [-0.2, -0.15) is 5.10 Å². The minimum atomic E-state index is 0.0767. The molecule has 1 amide bonds. The predicted octanol–water partition coefficient (Wildman–Crippen LogP) is 3.66. The van der Waals surface area contributed by atoms with Crippen molar-refractivity contribution in [3.63, 3.8) is 0 Å². The Morgan fingerprint density at radius 2 is 1.65 bits per heavy atom. The van der Waals surface area contributed by atoms with Crippen molar-refractivity contribution in [1.29, 1.82) is 0 Å². The van der Waals surface area contributed by atoms with Crippen molar-refractivity contribution in [3.8, 4) is 16.3 Å². The Kier molecular flexibility index (Phi) is 5.21. The van der Waals surface area contributed by atoms with Crippen LogP contribution in [0.3, 0.4) is 0 Å². The summed E-state index contributed by atoms with van der Waals surface area (Å²) in [5.41, 5.74) is 2.81. The topological polar surface area (TPSA) is 67.2 Å².